The second kappa shape index (κ2) is 6.59. The van der Waals surface area contributed by atoms with Crippen LogP contribution in [-0.2, 0) is 4.79 Å². The van der Waals surface area contributed by atoms with Gasteiger partial charge in [-0.1, -0.05) is 43.5 Å². The fourth-order valence-corrected chi connectivity index (χ4v) is 3.39. The predicted octanol–water partition coefficient (Wildman–Crippen LogP) is 3.76. The zero-order valence-electron chi connectivity index (χ0n) is 11.8. The molecule has 0 saturated heterocycles. The number of carbonyl (C=O) groups is 1. The summed E-state index contributed by atoms with van der Waals surface area (Å²) in [7, 11) is 0. The molecule has 1 aromatic rings. The molecular formula is C16H22ClNO2. The predicted molar refractivity (Wildman–Crippen MR) is 81.3 cm³/mol. The monoisotopic (exact) mass is 295 g/mol. The number of halogens is 1. The van der Waals surface area contributed by atoms with Crippen LogP contribution in [0.2, 0.25) is 5.02 Å². The van der Waals surface area contributed by atoms with Crippen molar-refractivity contribution in [1.29, 1.82) is 0 Å². The van der Waals surface area contributed by atoms with E-state index in [2.05, 4.69) is 6.92 Å². The van der Waals surface area contributed by atoms with Gasteiger partial charge >= 0.3 is 5.97 Å². The molecule has 0 aromatic heterocycles. The van der Waals surface area contributed by atoms with E-state index in [-0.39, 0.29) is 6.54 Å². The summed E-state index contributed by atoms with van der Waals surface area (Å²) in [5.41, 5.74) is 7.38. The topological polar surface area (TPSA) is 63.3 Å². The molecule has 1 unspecified atom stereocenters. The third-order valence-electron chi connectivity index (χ3n) is 4.42. The number of carboxylic acids is 1. The Morgan fingerprint density at radius 3 is 2.55 bits per heavy atom. The normalized spacial score (nSPS) is 24.4. The standard InChI is InChI=1S/C16H22ClNO2/c1-10-2-4-11(5-3-10)13-7-6-12(8-15(13)17)14(9-18)16(19)20/h6-8,10-11,14H,2-5,9,18H2,1H3,(H,19,20). The van der Waals surface area contributed by atoms with E-state index in [4.69, 9.17) is 22.4 Å². The van der Waals surface area contributed by atoms with Crippen molar-refractivity contribution in [2.75, 3.05) is 6.54 Å². The number of nitrogens with two attached hydrogens (primary N) is 1. The van der Waals surface area contributed by atoms with Gasteiger partial charge in [-0.15, -0.1) is 0 Å². The Kier molecular flexibility index (Phi) is 5.06. The van der Waals surface area contributed by atoms with Crippen molar-refractivity contribution in [1.82, 2.24) is 0 Å². The van der Waals surface area contributed by atoms with Gasteiger partial charge in [0, 0.05) is 11.6 Å². The van der Waals surface area contributed by atoms with Crippen LogP contribution >= 0.6 is 11.6 Å². The molecule has 1 aromatic carbocycles. The number of rotatable bonds is 4. The summed E-state index contributed by atoms with van der Waals surface area (Å²) in [6, 6.07) is 5.63. The average Bonchev–Trinajstić information content (AvgIpc) is 2.41. The molecular weight excluding hydrogens is 274 g/mol. The van der Waals surface area contributed by atoms with Crippen molar-refractivity contribution in [2.24, 2.45) is 11.7 Å². The Morgan fingerprint density at radius 1 is 1.40 bits per heavy atom. The van der Waals surface area contributed by atoms with Gasteiger partial charge < -0.3 is 10.8 Å². The largest absolute Gasteiger partial charge is 0.481 e. The average molecular weight is 296 g/mol. The molecule has 1 fully saturated rings. The van der Waals surface area contributed by atoms with E-state index in [0.29, 0.717) is 16.5 Å². The molecule has 0 radical (unpaired) electrons. The maximum Gasteiger partial charge on any atom is 0.312 e. The molecule has 0 amide bonds. The third-order valence-corrected chi connectivity index (χ3v) is 4.74. The van der Waals surface area contributed by atoms with Crippen LogP contribution in [0.4, 0.5) is 0 Å². The van der Waals surface area contributed by atoms with Crippen LogP contribution in [0.3, 0.4) is 0 Å². The quantitative estimate of drug-likeness (QED) is 0.889. The van der Waals surface area contributed by atoms with Gasteiger partial charge in [0.2, 0.25) is 0 Å². The highest BCUT2D eigenvalue weighted by Gasteiger charge is 2.23. The summed E-state index contributed by atoms with van der Waals surface area (Å²) in [6.07, 6.45) is 4.81. The van der Waals surface area contributed by atoms with E-state index in [1.165, 1.54) is 25.7 Å². The minimum atomic E-state index is -0.900. The van der Waals surface area contributed by atoms with Gasteiger partial charge in [0.15, 0.2) is 0 Å². The van der Waals surface area contributed by atoms with Crippen molar-refractivity contribution in [3.05, 3.63) is 34.3 Å². The Hall–Kier alpha value is -1.06. The molecule has 1 aliphatic carbocycles. The van der Waals surface area contributed by atoms with Gasteiger partial charge in [-0.3, -0.25) is 4.79 Å². The van der Waals surface area contributed by atoms with Gasteiger partial charge in [-0.05, 0) is 41.9 Å². The Morgan fingerprint density at radius 2 is 2.05 bits per heavy atom. The summed E-state index contributed by atoms with van der Waals surface area (Å²) in [4.78, 5) is 11.1. The fourth-order valence-electron chi connectivity index (χ4n) is 3.04. The molecule has 0 aliphatic heterocycles. The molecule has 2 rings (SSSR count). The lowest BCUT2D eigenvalue weighted by molar-refractivity contribution is -0.138. The van der Waals surface area contributed by atoms with E-state index in [1.807, 2.05) is 12.1 Å². The lowest BCUT2D eigenvalue weighted by atomic mass is 9.79. The molecule has 0 heterocycles. The molecule has 4 heteroatoms. The first-order valence-electron chi connectivity index (χ1n) is 7.25. The second-order valence-corrected chi connectivity index (χ2v) is 6.27. The van der Waals surface area contributed by atoms with Crippen LogP contribution in [0.5, 0.6) is 0 Å². The summed E-state index contributed by atoms with van der Waals surface area (Å²) in [6.45, 7) is 2.38. The van der Waals surface area contributed by atoms with Crippen LogP contribution in [-0.4, -0.2) is 17.6 Å². The lowest BCUT2D eigenvalue weighted by Gasteiger charge is -2.27. The zero-order valence-corrected chi connectivity index (χ0v) is 12.6. The molecule has 110 valence electrons. The highest BCUT2D eigenvalue weighted by molar-refractivity contribution is 6.31. The molecule has 1 aliphatic rings. The van der Waals surface area contributed by atoms with Gasteiger partial charge in [0.25, 0.3) is 0 Å². The van der Waals surface area contributed by atoms with Gasteiger partial charge in [0.1, 0.15) is 0 Å². The highest BCUT2D eigenvalue weighted by Crippen LogP contribution is 2.39. The maximum atomic E-state index is 11.1. The van der Waals surface area contributed by atoms with Crippen molar-refractivity contribution in [2.45, 2.75) is 44.4 Å². The maximum absolute atomic E-state index is 11.1. The number of benzene rings is 1. The minimum Gasteiger partial charge on any atom is -0.481 e. The summed E-state index contributed by atoms with van der Waals surface area (Å²) < 4.78 is 0. The Balaban J connectivity index is 2.19. The highest BCUT2D eigenvalue weighted by atomic mass is 35.5. The van der Waals surface area contributed by atoms with E-state index in [1.54, 1.807) is 6.07 Å². The molecule has 20 heavy (non-hydrogen) atoms. The van der Waals surface area contributed by atoms with Crippen LogP contribution in [0.15, 0.2) is 18.2 Å². The first-order valence-corrected chi connectivity index (χ1v) is 7.63. The van der Waals surface area contributed by atoms with Crippen molar-refractivity contribution >= 4 is 17.6 Å². The summed E-state index contributed by atoms with van der Waals surface area (Å²) in [5.74, 6) is -0.262. The summed E-state index contributed by atoms with van der Waals surface area (Å²) >= 11 is 6.37. The first-order chi connectivity index (χ1) is 9.52. The van der Waals surface area contributed by atoms with Crippen LogP contribution < -0.4 is 5.73 Å². The smallest absolute Gasteiger partial charge is 0.312 e. The molecule has 1 saturated carbocycles. The Bertz CT molecular complexity index is 481. The zero-order chi connectivity index (χ0) is 14.7. The third kappa shape index (κ3) is 3.33. The SMILES string of the molecule is CC1CCC(c2ccc(C(CN)C(=O)O)cc2Cl)CC1. The van der Waals surface area contributed by atoms with E-state index in [0.717, 1.165) is 11.5 Å². The summed E-state index contributed by atoms with van der Waals surface area (Å²) in [5, 5.41) is 9.82. The van der Waals surface area contributed by atoms with Crippen molar-refractivity contribution < 1.29 is 9.90 Å². The van der Waals surface area contributed by atoms with E-state index >= 15 is 0 Å². The number of carboxylic acid groups (broad SMARTS) is 1. The number of hydrogen-bond donors (Lipinski definition) is 2. The van der Waals surface area contributed by atoms with Gasteiger partial charge in [0.05, 0.1) is 5.92 Å². The first kappa shape index (κ1) is 15.3. The van der Waals surface area contributed by atoms with Crippen LogP contribution in [0.1, 0.15) is 55.6 Å². The van der Waals surface area contributed by atoms with Crippen LogP contribution in [0.25, 0.3) is 0 Å². The second-order valence-electron chi connectivity index (χ2n) is 5.86. The molecule has 0 bridgehead atoms. The molecule has 1 atom stereocenters. The van der Waals surface area contributed by atoms with E-state index < -0.39 is 11.9 Å². The number of aliphatic carboxylic acids is 1. The molecule has 0 spiro atoms. The van der Waals surface area contributed by atoms with Gasteiger partial charge in [-0.2, -0.15) is 0 Å². The van der Waals surface area contributed by atoms with Crippen molar-refractivity contribution in [3.8, 4) is 0 Å². The molecule has 3 nitrogen and oxygen atoms in total. The van der Waals surface area contributed by atoms with Crippen LogP contribution in [0, 0.1) is 5.92 Å². The number of hydrogen-bond acceptors (Lipinski definition) is 2. The lowest BCUT2D eigenvalue weighted by Crippen LogP contribution is -2.21. The van der Waals surface area contributed by atoms with E-state index in [9.17, 15) is 4.79 Å². The van der Waals surface area contributed by atoms with Crippen molar-refractivity contribution in [3.63, 3.8) is 0 Å². The minimum absolute atomic E-state index is 0.0892. The van der Waals surface area contributed by atoms with Gasteiger partial charge in [-0.25, -0.2) is 0 Å². The molecule has 3 N–H and O–H groups in total. The fraction of sp³-hybridized carbons (Fsp3) is 0.562. The Labute approximate surface area is 125 Å².